The summed E-state index contributed by atoms with van der Waals surface area (Å²) in [6.07, 6.45) is 1.32. The van der Waals surface area contributed by atoms with E-state index in [1.54, 1.807) is 11.8 Å². The van der Waals surface area contributed by atoms with Crippen LogP contribution in [0.4, 0.5) is 5.69 Å². The quantitative estimate of drug-likeness (QED) is 0.806. The van der Waals surface area contributed by atoms with Crippen LogP contribution in [-0.4, -0.2) is 35.2 Å². The van der Waals surface area contributed by atoms with Crippen LogP contribution in [0.3, 0.4) is 0 Å². The van der Waals surface area contributed by atoms with Crippen LogP contribution in [-0.2, 0) is 15.0 Å². The molecule has 3 rings (SSSR count). The predicted octanol–water partition coefficient (Wildman–Crippen LogP) is 2.13. The molecule has 1 atom stereocenters. The Balaban J connectivity index is 1.84. The van der Waals surface area contributed by atoms with Crippen molar-refractivity contribution in [2.24, 2.45) is 0 Å². The summed E-state index contributed by atoms with van der Waals surface area (Å²) in [4.78, 5) is 26.1. The molecular weight excluding hydrogens is 276 g/mol. The summed E-state index contributed by atoms with van der Waals surface area (Å²) in [7, 11) is 0. The lowest BCUT2D eigenvalue weighted by Crippen LogP contribution is -2.49. The van der Waals surface area contributed by atoms with Crippen LogP contribution in [0.1, 0.15) is 25.3 Å². The second kappa shape index (κ2) is 4.77. The number of anilines is 1. The van der Waals surface area contributed by atoms with Crippen molar-refractivity contribution in [2.45, 2.75) is 30.6 Å². The Morgan fingerprint density at radius 3 is 2.65 bits per heavy atom. The molecule has 1 spiro atoms. The van der Waals surface area contributed by atoms with Gasteiger partial charge in [-0.2, -0.15) is 0 Å². The zero-order valence-electron chi connectivity index (χ0n) is 11.4. The summed E-state index contributed by atoms with van der Waals surface area (Å²) in [6.45, 7) is 2.85. The minimum atomic E-state index is -0.506. The van der Waals surface area contributed by atoms with Crippen LogP contribution in [0, 0.1) is 0 Å². The molecule has 1 N–H and O–H groups in total. The van der Waals surface area contributed by atoms with Crippen molar-refractivity contribution in [1.82, 2.24) is 4.90 Å². The Bertz CT molecular complexity index is 563. The lowest BCUT2D eigenvalue weighted by molar-refractivity contribution is -0.134. The topological polar surface area (TPSA) is 49.4 Å². The molecule has 106 valence electrons. The Morgan fingerprint density at radius 1 is 1.35 bits per heavy atom. The Kier molecular flexibility index (Phi) is 3.21. The number of fused-ring (bicyclic) bond motifs is 2. The number of alkyl halides is 1. The molecule has 2 aliphatic heterocycles. The van der Waals surface area contributed by atoms with E-state index in [-0.39, 0.29) is 11.8 Å². The maximum absolute atomic E-state index is 12.4. The van der Waals surface area contributed by atoms with Gasteiger partial charge in [-0.1, -0.05) is 18.2 Å². The van der Waals surface area contributed by atoms with E-state index in [0.717, 1.165) is 11.3 Å². The maximum Gasteiger partial charge on any atom is 0.240 e. The van der Waals surface area contributed by atoms with Gasteiger partial charge in [-0.3, -0.25) is 9.59 Å². The zero-order chi connectivity index (χ0) is 14.3. The second-order valence-corrected chi connectivity index (χ2v) is 6.18. The first-order valence-corrected chi connectivity index (χ1v) is 7.32. The van der Waals surface area contributed by atoms with Gasteiger partial charge < -0.3 is 10.2 Å². The molecule has 2 aliphatic rings. The van der Waals surface area contributed by atoms with Gasteiger partial charge in [0.05, 0.1) is 5.41 Å². The zero-order valence-corrected chi connectivity index (χ0v) is 12.1. The minimum absolute atomic E-state index is 0.0480. The molecule has 20 heavy (non-hydrogen) atoms. The molecule has 1 fully saturated rings. The first-order valence-electron chi connectivity index (χ1n) is 6.88. The molecule has 0 radical (unpaired) electrons. The van der Waals surface area contributed by atoms with E-state index >= 15 is 0 Å². The number of halogens is 1. The number of likely N-dealkylation sites (tertiary alicyclic amines) is 1. The molecule has 2 heterocycles. The lowest BCUT2D eigenvalue weighted by Gasteiger charge is -2.38. The number of piperidine rings is 1. The fraction of sp³-hybridized carbons (Fsp3) is 0.467. The van der Waals surface area contributed by atoms with Crippen molar-refractivity contribution in [3.05, 3.63) is 29.8 Å². The smallest absolute Gasteiger partial charge is 0.240 e. The third kappa shape index (κ3) is 1.90. The normalized spacial score (nSPS) is 21.5. The van der Waals surface area contributed by atoms with Crippen LogP contribution in [0.5, 0.6) is 0 Å². The molecular formula is C15H17ClN2O2. The van der Waals surface area contributed by atoms with Crippen molar-refractivity contribution in [3.63, 3.8) is 0 Å². The van der Waals surface area contributed by atoms with Gasteiger partial charge >= 0.3 is 0 Å². The molecule has 0 saturated carbocycles. The molecule has 0 aliphatic carbocycles. The van der Waals surface area contributed by atoms with E-state index in [0.29, 0.717) is 25.9 Å². The highest BCUT2D eigenvalue weighted by atomic mass is 35.5. The lowest BCUT2D eigenvalue weighted by atomic mass is 9.73. The number of nitrogens with zero attached hydrogens (tertiary/aromatic N) is 1. The van der Waals surface area contributed by atoms with E-state index in [9.17, 15) is 9.59 Å². The summed E-state index contributed by atoms with van der Waals surface area (Å²) in [6, 6.07) is 7.82. The number of benzene rings is 1. The molecule has 1 aromatic rings. The highest BCUT2D eigenvalue weighted by Gasteiger charge is 2.48. The van der Waals surface area contributed by atoms with E-state index in [2.05, 4.69) is 5.32 Å². The number of rotatable bonds is 1. The monoisotopic (exact) mass is 292 g/mol. The maximum atomic E-state index is 12.4. The summed E-state index contributed by atoms with van der Waals surface area (Å²) < 4.78 is 0. The molecule has 5 heteroatoms. The van der Waals surface area contributed by atoms with Crippen LogP contribution >= 0.6 is 11.6 Å². The van der Waals surface area contributed by atoms with Gasteiger partial charge in [-0.05, 0) is 31.4 Å². The number of carbonyl (C=O) groups excluding carboxylic acids is 2. The van der Waals surface area contributed by atoms with E-state index in [4.69, 9.17) is 11.6 Å². The summed E-state index contributed by atoms with van der Waals surface area (Å²) in [5.74, 6) is 0.0120. The van der Waals surface area contributed by atoms with Crippen molar-refractivity contribution in [2.75, 3.05) is 18.4 Å². The Morgan fingerprint density at radius 2 is 2.00 bits per heavy atom. The van der Waals surface area contributed by atoms with Gasteiger partial charge in [0.1, 0.15) is 5.38 Å². The first-order chi connectivity index (χ1) is 9.54. The number of amides is 2. The van der Waals surface area contributed by atoms with Crippen LogP contribution in [0.25, 0.3) is 0 Å². The van der Waals surface area contributed by atoms with Crippen molar-refractivity contribution in [1.29, 1.82) is 0 Å². The average Bonchev–Trinajstić information content (AvgIpc) is 2.72. The third-order valence-electron chi connectivity index (χ3n) is 4.39. The highest BCUT2D eigenvalue weighted by molar-refractivity contribution is 6.30. The Hall–Kier alpha value is -1.55. The number of hydrogen-bond acceptors (Lipinski definition) is 2. The van der Waals surface area contributed by atoms with Gasteiger partial charge in [0.15, 0.2) is 0 Å². The van der Waals surface area contributed by atoms with E-state index in [1.165, 1.54) is 0 Å². The SMILES string of the molecule is CC(Cl)C(=O)N1CCC2(CC1)C(=O)Nc1ccccc12. The molecule has 0 aromatic heterocycles. The number of carbonyl (C=O) groups is 2. The third-order valence-corrected chi connectivity index (χ3v) is 4.58. The molecule has 4 nitrogen and oxygen atoms in total. The summed E-state index contributed by atoms with van der Waals surface area (Å²) in [5, 5.41) is 2.45. The second-order valence-electron chi connectivity index (χ2n) is 5.52. The fourth-order valence-corrected chi connectivity index (χ4v) is 3.37. The minimum Gasteiger partial charge on any atom is -0.341 e. The standard InChI is InChI=1S/C15H17ClN2O2/c1-10(16)13(19)18-8-6-15(7-9-18)11-4-2-3-5-12(11)17-14(15)20/h2-5,10H,6-9H2,1H3,(H,17,20). The van der Waals surface area contributed by atoms with Gasteiger partial charge in [0.25, 0.3) is 0 Å². The van der Waals surface area contributed by atoms with E-state index < -0.39 is 10.8 Å². The van der Waals surface area contributed by atoms with E-state index in [1.807, 2.05) is 24.3 Å². The van der Waals surface area contributed by atoms with Crippen LogP contribution < -0.4 is 5.32 Å². The molecule has 1 aromatic carbocycles. The van der Waals surface area contributed by atoms with Crippen LogP contribution in [0.2, 0.25) is 0 Å². The predicted molar refractivity (Wildman–Crippen MR) is 77.9 cm³/mol. The highest BCUT2D eigenvalue weighted by Crippen LogP contribution is 2.44. The molecule has 1 unspecified atom stereocenters. The fourth-order valence-electron chi connectivity index (χ4n) is 3.23. The first kappa shape index (κ1) is 13.4. The average molecular weight is 293 g/mol. The van der Waals surface area contributed by atoms with Crippen molar-refractivity contribution < 1.29 is 9.59 Å². The largest absolute Gasteiger partial charge is 0.341 e. The molecule has 1 saturated heterocycles. The number of nitrogens with one attached hydrogen (secondary N) is 1. The van der Waals surface area contributed by atoms with Crippen LogP contribution in [0.15, 0.2) is 24.3 Å². The number of para-hydroxylation sites is 1. The molecule has 0 bridgehead atoms. The van der Waals surface area contributed by atoms with Gasteiger partial charge in [0, 0.05) is 18.8 Å². The van der Waals surface area contributed by atoms with Crippen molar-refractivity contribution in [3.8, 4) is 0 Å². The summed E-state index contributed by atoms with van der Waals surface area (Å²) >= 11 is 5.85. The number of hydrogen-bond donors (Lipinski definition) is 1. The van der Waals surface area contributed by atoms with Gasteiger partial charge in [-0.15, -0.1) is 11.6 Å². The molecule has 2 amide bonds. The van der Waals surface area contributed by atoms with Gasteiger partial charge in [0.2, 0.25) is 11.8 Å². The summed E-state index contributed by atoms with van der Waals surface area (Å²) in [5.41, 5.74) is 1.50. The van der Waals surface area contributed by atoms with Crippen molar-refractivity contribution >= 4 is 29.1 Å². The Labute approximate surface area is 123 Å². The van der Waals surface area contributed by atoms with Gasteiger partial charge in [-0.25, -0.2) is 0 Å².